The van der Waals surface area contributed by atoms with Gasteiger partial charge in [-0.15, -0.1) is 22.7 Å². The van der Waals surface area contributed by atoms with Gasteiger partial charge in [-0.3, -0.25) is 4.21 Å². The van der Waals surface area contributed by atoms with Crippen LogP contribution in [0, 0.1) is 0 Å². The molecule has 0 aliphatic rings. The van der Waals surface area contributed by atoms with Gasteiger partial charge in [-0.2, -0.15) is 0 Å². The summed E-state index contributed by atoms with van der Waals surface area (Å²) in [6, 6.07) is 3.78. The second-order valence-corrected chi connectivity index (χ2v) is 7.72. The van der Waals surface area contributed by atoms with E-state index in [0.29, 0.717) is 11.5 Å². The highest BCUT2D eigenvalue weighted by Gasteiger charge is 2.08. The van der Waals surface area contributed by atoms with Crippen molar-refractivity contribution in [3.05, 3.63) is 37.4 Å². The van der Waals surface area contributed by atoms with Crippen molar-refractivity contribution in [3.63, 3.8) is 0 Å². The Bertz CT molecular complexity index is 520. The molecule has 1 atom stereocenters. The molecule has 2 rings (SSSR count). The molecule has 0 saturated heterocycles. The summed E-state index contributed by atoms with van der Waals surface area (Å²) in [5, 5.41) is 3.11. The number of aromatic nitrogens is 1. The Morgan fingerprint density at radius 3 is 2.82 bits per heavy atom. The largest absolute Gasteiger partial charge is 0.259 e. The van der Waals surface area contributed by atoms with Crippen molar-refractivity contribution in [3.8, 4) is 0 Å². The molecule has 0 unspecified atom stereocenters. The Hall–Kier alpha value is -0.230. The van der Waals surface area contributed by atoms with Crippen LogP contribution in [0.3, 0.4) is 0 Å². The first-order valence-electron chi connectivity index (χ1n) is 5.20. The summed E-state index contributed by atoms with van der Waals surface area (Å²) in [5.41, 5.74) is 0.938. The van der Waals surface area contributed by atoms with Crippen molar-refractivity contribution in [2.75, 3.05) is 0 Å². The SMILES string of the molecule is CCc1nc(C[S@@](=O)Cc2ccc(Cl)s2)cs1. The van der Waals surface area contributed by atoms with Gasteiger partial charge in [0.25, 0.3) is 0 Å². The molecule has 0 amide bonds. The van der Waals surface area contributed by atoms with E-state index in [1.54, 1.807) is 11.3 Å². The van der Waals surface area contributed by atoms with Gasteiger partial charge in [-0.05, 0) is 18.6 Å². The van der Waals surface area contributed by atoms with Crippen LogP contribution in [0.1, 0.15) is 22.5 Å². The molecule has 0 radical (unpaired) electrons. The average Bonchev–Trinajstić information content (AvgIpc) is 2.88. The third kappa shape index (κ3) is 3.88. The molecule has 6 heteroatoms. The minimum atomic E-state index is -0.901. The third-order valence-electron chi connectivity index (χ3n) is 2.14. The molecule has 0 aromatic carbocycles. The number of thiophene rings is 1. The van der Waals surface area contributed by atoms with E-state index in [1.807, 2.05) is 17.5 Å². The topological polar surface area (TPSA) is 30.0 Å². The van der Waals surface area contributed by atoms with Gasteiger partial charge in [-0.25, -0.2) is 4.98 Å². The molecule has 0 saturated carbocycles. The first-order valence-corrected chi connectivity index (χ1v) is 8.76. The van der Waals surface area contributed by atoms with Gasteiger partial charge in [0.1, 0.15) is 0 Å². The normalized spacial score (nSPS) is 12.8. The lowest BCUT2D eigenvalue weighted by Crippen LogP contribution is -1.98. The number of aryl methyl sites for hydroxylation is 1. The molecule has 0 N–H and O–H groups in total. The van der Waals surface area contributed by atoms with Crippen LogP contribution in [0.25, 0.3) is 0 Å². The third-order valence-corrected chi connectivity index (χ3v) is 5.85. The molecule has 2 heterocycles. The predicted octanol–water partition coefficient (Wildman–Crippen LogP) is 3.87. The molecule has 0 aliphatic heterocycles. The number of hydrogen-bond donors (Lipinski definition) is 0. The van der Waals surface area contributed by atoms with Gasteiger partial charge in [0, 0.05) is 21.1 Å². The van der Waals surface area contributed by atoms with Crippen LogP contribution in [0.2, 0.25) is 4.34 Å². The van der Waals surface area contributed by atoms with Crippen LogP contribution >= 0.6 is 34.3 Å². The number of thiazole rings is 1. The van der Waals surface area contributed by atoms with Gasteiger partial charge in [0.05, 0.1) is 26.5 Å². The van der Waals surface area contributed by atoms with E-state index in [0.717, 1.165) is 26.3 Å². The molecule has 2 nitrogen and oxygen atoms in total. The van der Waals surface area contributed by atoms with Crippen LogP contribution in [0.4, 0.5) is 0 Å². The summed E-state index contributed by atoms with van der Waals surface area (Å²) < 4.78 is 12.7. The van der Waals surface area contributed by atoms with Crippen molar-refractivity contribution >= 4 is 45.1 Å². The van der Waals surface area contributed by atoms with Gasteiger partial charge in [0.15, 0.2) is 0 Å². The number of hydrogen-bond acceptors (Lipinski definition) is 4. The number of halogens is 1. The molecule has 0 spiro atoms. The van der Waals surface area contributed by atoms with Crippen LogP contribution in [-0.2, 0) is 28.7 Å². The highest BCUT2D eigenvalue weighted by atomic mass is 35.5. The predicted molar refractivity (Wildman–Crippen MR) is 76.4 cm³/mol. The van der Waals surface area contributed by atoms with E-state index in [-0.39, 0.29) is 0 Å². The lowest BCUT2D eigenvalue weighted by Gasteiger charge is -1.97. The first kappa shape index (κ1) is 13.2. The van der Waals surface area contributed by atoms with Crippen molar-refractivity contribution < 1.29 is 4.21 Å². The summed E-state index contributed by atoms with van der Waals surface area (Å²) in [7, 11) is -0.901. The molecule has 17 heavy (non-hydrogen) atoms. The molecule has 0 aliphatic carbocycles. The Kier molecular flexibility index (Phi) is 4.73. The van der Waals surface area contributed by atoms with E-state index >= 15 is 0 Å². The Morgan fingerprint density at radius 1 is 1.41 bits per heavy atom. The highest BCUT2D eigenvalue weighted by molar-refractivity contribution is 7.83. The highest BCUT2D eigenvalue weighted by Crippen LogP contribution is 2.23. The maximum atomic E-state index is 11.9. The standard InChI is InChI=1S/C11H12ClNOS3/c1-2-11-13-8(5-15-11)6-17(14)7-9-3-4-10(12)16-9/h3-5H,2,6-7H2,1H3/t17-/m1/s1. The van der Waals surface area contributed by atoms with Gasteiger partial charge < -0.3 is 0 Å². The molecule has 0 bridgehead atoms. The summed E-state index contributed by atoms with van der Waals surface area (Å²) in [5.74, 6) is 1.10. The van der Waals surface area contributed by atoms with Gasteiger partial charge in [-0.1, -0.05) is 18.5 Å². The van der Waals surface area contributed by atoms with Gasteiger partial charge in [0.2, 0.25) is 0 Å². The smallest absolute Gasteiger partial charge is 0.0931 e. The lowest BCUT2D eigenvalue weighted by molar-refractivity contribution is 0.682. The van der Waals surface area contributed by atoms with Crippen molar-refractivity contribution in [2.24, 2.45) is 0 Å². The van der Waals surface area contributed by atoms with Crippen molar-refractivity contribution in [1.29, 1.82) is 0 Å². The fraction of sp³-hybridized carbons (Fsp3) is 0.364. The van der Waals surface area contributed by atoms with E-state index in [9.17, 15) is 4.21 Å². The zero-order chi connectivity index (χ0) is 12.3. The van der Waals surface area contributed by atoms with Gasteiger partial charge >= 0.3 is 0 Å². The molecular weight excluding hydrogens is 294 g/mol. The van der Waals surface area contributed by atoms with E-state index < -0.39 is 10.8 Å². The summed E-state index contributed by atoms with van der Waals surface area (Å²) in [6.45, 7) is 2.08. The molecule has 2 aromatic heterocycles. The van der Waals surface area contributed by atoms with E-state index in [2.05, 4.69) is 11.9 Å². The Balaban J connectivity index is 1.93. The van der Waals surface area contributed by atoms with Crippen LogP contribution in [-0.4, -0.2) is 9.19 Å². The van der Waals surface area contributed by atoms with Crippen molar-refractivity contribution in [1.82, 2.24) is 4.98 Å². The van der Waals surface area contributed by atoms with Crippen LogP contribution < -0.4 is 0 Å². The van der Waals surface area contributed by atoms with E-state index in [1.165, 1.54) is 11.3 Å². The van der Waals surface area contributed by atoms with Crippen LogP contribution in [0.5, 0.6) is 0 Å². The minimum absolute atomic E-state index is 0.534. The Labute approximate surface area is 116 Å². The average molecular weight is 306 g/mol. The zero-order valence-corrected chi connectivity index (χ0v) is 12.5. The molecule has 92 valence electrons. The summed E-state index contributed by atoms with van der Waals surface area (Å²) in [6.07, 6.45) is 0.942. The minimum Gasteiger partial charge on any atom is -0.259 e. The maximum Gasteiger partial charge on any atom is 0.0931 e. The lowest BCUT2D eigenvalue weighted by atomic mass is 10.5. The second kappa shape index (κ2) is 6.09. The molecular formula is C11H12ClNOS3. The van der Waals surface area contributed by atoms with Crippen LogP contribution in [0.15, 0.2) is 17.5 Å². The number of nitrogens with zero attached hydrogens (tertiary/aromatic N) is 1. The molecule has 2 aromatic rings. The van der Waals surface area contributed by atoms with E-state index in [4.69, 9.17) is 11.6 Å². The maximum absolute atomic E-state index is 11.9. The first-order chi connectivity index (χ1) is 8.17. The quantitative estimate of drug-likeness (QED) is 0.839. The summed E-state index contributed by atoms with van der Waals surface area (Å²) >= 11 is 8.96. The monoisotopic (exact) mass is 305 g/mol. The summed E-state index contributed by atoms with van der Waals surface area (Å²) in [4.78, 5) is 5.49. The number of rotatable bonds is 5. The second-order valence-electron chi connectivity index (χ2n) is 3.52. The zero-order valence-electron chi connectivity index (χ0n) is 9.31. The fourth-order valence-corrected chi connectivity index (χ4v) is 4.74. The fourth-order valence-electron chi connectivity index (χ4n) is 1.38. The Morgan fingerprint density at radius 2 is 2.24 bits per heavy atom. The molecule has 0 fully saturated rings. The van der Waals surface area contributed by atoms with Crippen molar-refractivity contribution in [2.45, 2.75) is 24.9 Å².